The Morgan fingerprint density at radius 3 is 2.73 bits per heavy atom. The molecule has 2 unspecified atom stereocenters. The van der Waals surface area contributed by atoms with Gasteiger partial charge in [-0.1, -0.05) is 74.9 Å². The quantitative estimate of drug-likeness (QED) is 0.771. The highest BCUT2D eigenvalue weighted by atomic mass is 14.7. The molecule has 1 aliphatic carbocycles. The van der Waals surface area contributed by atoms with Crippen LogP contribution in [0.5, 0.6) is 0 Å². The van der Waals surface area contributed by atoms with Crippen molar-refractivity contribution in [3.63, 3.8) is 0 Å². The van der Waals surface area contributed by atoms with Gasteiger partial charge in [0.25, 0.3) is 0 Å². The molecule has 0 bridgehead atoms. The molecular formula is C20H26N2. The standard InChI is InChI=1S/C20H26N2/c1-3-16(2)15-22-20(18-12-8-5-9-13-18)14-19(21)17-10-6-4-7-11-17/h4-10,12-14,16-17H,3,11,15,21H2,1-2H3. The minimum Gasteiger partial charge on any atom is -0.401 e. The molecule has 2 rings (SSSR count). The third-order valence-electron chi connectivity index (χ3n) is 4.05. The summed E-state index contributed by atoms with van der Waals surface area (Å²) in [6.45, 7) is 5.27. The Kier molecular flexibility index (Phi) is 6.20. The summed E-state index contributed by atoms with van der Waals surface area (Å²) in [6.07, 6.45) is 12.6. The molecule has 0 spiro atoms. The largest absolute Gasteiger partial charge is 0.401 e. The van der Waals surface area contributed by atoms with Crippen LogP contribution in [0.2, 0.25) is 0 Å². The van der Waals surface area contributed by atoms with Crippen LogP contribution in [0.15, 0.2) is 71.4 Å². The molecule has 2 heteroatoms. The minimum atomic E-state index is 0.280. The third-order valence-corrected chi connectivity index (χ3v) is 4.05. The van der Waals surface area contributed by atoms with Crippen LogP contribution in [0.1, 0.15) is 32.3 Å². The maximum atomic E-state index is 6.32. The second-order valence-electron chi connectivity index (χ2n) is 5.90. The first-order valence-electron chi connectivity index (χ1n) is 8.11. The normalized spacial score (nSPS) is 20.2. The van der Waals surface area contributed by atoms with Gasteiger partial charge in [-0.05, 0) is 24.0 Å². The summed E-state index contributed by atoms with van der Waals surface area (Å²) in [7, 11) is 0. The number of benzene rings is 1. The van der Waals surface area contributed by atoms with Crippen molar-refractivity contribution in [3.8, 4) is 0 Å². The van der Waals surface area contributed by atoms with E-state index in [2.05, 4.69) is 50.3 Å². The number of rotatable bonds is 6. The lowest BCUT2D eigenvalue weighted by Crippen LogP contribution is -2.14. The topological polar surface area (TPSA) is 38.4 Å². The van der Waals surface area contributed by atoms with Crippen LogP contribution in [0, 0.1) is 11.8 Å². The Hall–Kier alpha value is -2.09. The number of nitrogens with two attached hydrogens (primary N) is 1. The molecule has 2 nitrogen and oxygen atoms in total. The monoisotopic (exact) mass is 294 g/mol. The molecule has 0 heterocycles. The molecule has 2 atom stereocenters. The van der Waals surface area contributed by atoms with E-state index in [1.54, 1.807) is 0 Å². The third kappa shape index (κ3) is 4.73. The highest BCUT2D eigenvalue weighted by Gasteiger charge is 2.10. The molecular weight excluding hydrogens is 268 g/mol. The number of allylic oxidation sites excluding steroid dienone is 5. The molecule has 2 N–H and O–H groups in total. The van der Waals surface area contributed by atoms with Crippen molar-refractivity contribution < 1.29 is 0 Å². The predicted octanol–water partition coefficient (Wildman–Crippen LogP) is 4.50. The zero-order valence-corrected chi connectivity index (χ0v) is 13.6. The van der Waals surface area contributed by atoms with Crippen LogP contribution in [-0.2, 0) is 0 Å². The molecule has 0 saturated carbocycles. The first-order chi connectivity index (χ1) is 10.7. The summed E-state index contributed by atoms with van der Waals surface area (Å²) < 4.78 is 0. The maximum Gasteiger partial charge on any atom is 0.0664 e. The van der Waals surface area contributed by atoms with Gasteiger partial charge in [0, 0.05) is 18.2 Å². The average molecular weight is 294 g/mol. The summed E-state index contributed by atoms with van der Waals surface area (Å²) in [5.41, 5.74) is 9.32. The molecule has 22 heavy (non-hydrogen) atoms. The second kappa shape index (κ2) is 8.38. The molecule has 1 aromatic rings. The van der Waals surface area contributed by atoms with E-state index >= 15 is 0 Å². The van der Waals surface area contributed by atoms with Crippen molar-refractivity contribution in [1.29, 1.82) is 0 Å². The number of nitrogens with zero attached hydrogens (tertiary/aromatic N) is 1. The lowest BCUT2D eigenvalue weighted by atomic mass is 9.95. The van der Waals surface area contributed by atoms with Gasteiger partial charge in [0.05, 0.1) is 5.71 Å². The van der Waals surface area contributed by atoms with Crippen molar-refractivity contribution in [1.82, 2.24) is 0 Å². The Morgan fingerprint density at radius 1 is 1.32 bits per heavy atom. The van der Waals surface area contributed by atoms with Crippen LogP contribution >= 0.6 is 0 Å². The van der Waals surface area contributed by atoms with E-state index in [1.807, 2.05) is 24.3 Å². The lowest BCUT2D eigenvalue weighted by molar-refractivity contribution is 0.577. The van der Waals surface area contributed by atoms with Crippen molar-refractivity contribution in [2.75, 3.05) is 6.54 Å². The molecule has 1 aromatic carbocycles. The highest BCUT2D eigenvalue weighted by molar-refractivity contribution is 6.09. The molecule has 116 valence electrons. The Labute approximate surface area is 134 Å². The van der Waals surface area contributed by atoms with Crippen LogP contribution in [0.4, 0.5) is 0 Å². The van der Waals surface area contributed by atoms with E-state index in [4.69, 9.17) is 10.7 Å². The van der Waals surface area contributed by atoms with E-state index in [9.17, 15) is 0 Å². The van der Waals surface area contributed by atoms with Crippen molar-refractivity contribution in [3.05, 3.63) is 72.0 Å². The van der Waals surface area contributed by atoms with Crippen LogP contribution in [-0.4, -0.2) is 12.3 Å². The molecule has 0 aromatic heterocycles. The predicted molar refractivity (Wildman–Crippen MR) is 96.0 cm³/mol. The van der Waals surface area contributed by atoms with Crippen LogP contribution < -0.4 is 5.73 Å². The van der Waals surface area contributed by atoms with Gasteiger partial charge >= 0.3 is 0 Å². The van der Waals surface area contributed by atoms with E-state index < -0.39 is 0 Å². The van der Waals surface area contributed by atoms with Crippen molar-refractivity contribution >= 4 is 5.71 Å². The fourth-order valence-electron chi connectivity index (χ4n) is 2.31. The first-order valence-corrected chi connectivity index (χ1v) is 8.11. The fraction of sp³-hybridized carbons (Fsp3) is 0.350. The SMILES string of the molecule is CCC(C)CN=C(C=C(N)C1C=CC=CC1)c1ccccc1. The van der Waals surface area contributed by atoms with Gasteiger partial charge in [0.15, 0.2) is 0 Å². The van der Waals surface area contributed by atoms with Gasteiger partial charge in [-0.25, -0.2) is 0 Å². The average Bonchev–Trinajstić information content (AvgIpc) is 2.59. The first kappa shape index (κ1) is 16.3. The Morgan fingerprint density at radius 2 is 2.09 bits per heavy atom. The summed E-state index contributed by atoms with van der Waals surface area (Å²) in [5, 5.41) is 0. The Balaban J connectivity index is 2.24. The number of hydrogen-bond acceptors (Lipinski definition) is 2. The molecule has 0 aliphatic heterocycles. The van der Waals surface area contributed by atoms with E-state index in [1.165, 1.54) is 0 Å². The fourth-order valence-corrected chi connectivity index (χ4v) is 2.31. The summed E-state index contributed by atoms with van der Waals surface area (Å²) >= 11 is 0. The zero-order valence-electron chi connectivity index (χ0n) is 13.6. The molecule has 0 amide bonds. The summed E-state index contributed by atoms with van der Waals surface area (Å²) in [4.78, 5) is 4.82. The van der Waals surface area contributed by atoms with E-state index in [0.717, 1.165) is 36.4 Å². The highest BCUT2D eigenvalue weighted by Crippen LogP contribution is 2.18. The van der Waals surface area contributed by atoms with Gasteiger partial charge in [-0.3, -0.25) is 4.99 Å². The zero-order chi connectivity index (χ0) is 15.8. The van der Waals surface area contributed by atoms with Gasteiger partial charge in [0.2, 0.25) is 0 Å². The van der Waals surface area contributed by atoms with E-state index in [-0.39, 0.29) is 5.92 Å². The summed E-state index contributed by atoms with van der Waals surface area (Å²) in [5.74, 6) is 0.869. The minimum absolute atomic E-state index is 0.280. The molecule has 1 aliphatic rings. The maximum absolute atomic E-state index is 6.32. The summed E-state index contributed by atoms with van der Waals surface area (Å²) in [6, 6.07) is 10.3. The second-order valence-corrected chi connectivity index (χ2v) is 5.90. The number of aliphatic imine (C=N–C) groups is 1. The van der Waals surface area contributed by atoms with E-state index in [0.29, 0.717) is 5.92 Å². The van der Waals surface area contributed by atoms with Crippen LogP contribution in [0.3, 0.4) is 0 Å². The molecule has 0 radical (unpaired) electrons. The van der Waals surface area contributed by atoms with Gasteiger partial charge in [-0.2, -0.15) is 0 Å². The smallest absolute Gasteiger partial charge is 0.0664 e. The lowest BCUT2D eigenvalue weighted by Gasteiger charge is -2.14. The van der Waals surface area contributed by atoms with Crippen molar-refractivity contribution in [2.45, 2.75) is 26.7 Å². The molecule has 0 saturated heterocycles. The molecule has 0 fully saturated rings. The van der Waals surface area contributed by atoms with Gasteiger partial charge in [-0.15, -0.1) is 0 Å². The Bertz CT molecular complexity index is 579. The number of hydrogen-bond donors (Lipinski definition) is 1. The van der Waals surface area contributed by atoms with Crippen molar-refractivity contribution in [2.24, 2.45) is 22.6 Å². The van der Waals surface area contributed by atoms with Gasteiger partial charge in [0.1, 0.15) is 0 Å². The van der Waals surface area contributed by atoms with Crippen LogP contribution in [0.25, 0.3) is 0 Å². The van der Waals surface area contributed by atoms with Gasteiger partial charge < -0.3 is 5.73 Å².